The molecule has 0 aliphatic carbocycles. The first-order valence-electron chi connectivity index (χ1n) is 9.27. The van der Waals surface area contributed by atoms with Gasteiger partial charge in [0.2, 0.25) is 0 Å². The molecule has 156 valence electrons. The van der Waals surface area contributed by atoms with E-state index in [1.807, 2.05) is 30.3 Å². The number of para-hydroxylation sites is 1. The molecule has 0 aliphatic rings. The van der Waals surface area contributed by atoms with Crippen LogP contribution >= 0.6 is 11.6 Å². The standard InChI is InChI=1S/C22H21ClN2O4S/c1-2-29-24-22(26)18-11-8-12-19(15-18)30(27,28)25(16-17-9-4-3-5-10-17)21-14-7-6-13-20(21)23/h3-15H,2,16H2,1H3,(H,24,26). The molecule has 0 radical (unpaired) electrons. The van der Waals surface area contributed by atoms with Crippen molar-refractivity contribution in [2.24, 2.45) is 0 Å². The molecular weight excluding hydrogens is 424 g/mol. The highest BCUT2D eigenvalue weighted by atomic mass is 35.5. The van der Waals surface area contributed by atoms with Gasteiger partial charge in [0.25, 0.3) is 15.9 Å². The Hall–Kier alpha value is -2.87. The van der Waals surface area contributed by atoms with Crippen molar-refractivity contribution in [1.82, 2.24) is 5.48 Å². The van der Waals surface area contributed by atoms with E-state index in [0.29, 0.717) is 17.3 Å². The molecule has 3 rings (SSSR count). The minimum absolute atomic E-state index is 0.0255. The molecule has 0 saturated carbocycles. The third-order valence-electron chi connectivity index (χ3n) is 4.28. The Morgan fingerprint density at radius 3 is 2.40 bits per heavy atom. The summed E-state index contributed by atoms with van der Waals surface area (Å²) in [7, 11) is -4.02. The van der Waals surface area contributed by atoms with E-state index in [1.54, 1.807) is 31.2 Å². The van der Waals surface area contributed by atoms with Crippen molar-refractivity contribution in [3.8, 4) is 0 Å². The highest BCUT2D eigenvalue weighted by molar-refractivity contribution is 7.92. The summed E-state index contributed by atoms with van der Waals surface area (Å²) < 4.78 is 28.4. The lowest BCUT2D eigenvalue weighted by Crippen LogP contribution is -2.31. The van der Waals surface area contributed by atoms with Gasteiger partial charge in [-0.05, 0) is 42.8 Å². The average Bonchev–Trinajstić information content (AvgIpc) is 2.77. The maximum atomic E-state index is 13.6. The van der Waals surface area contributed by atoms with Crippen LogP contribution in [0.5, 0.6) is 0 Å². The molecule has 0 fully saturated rings. The predicted molar refractivity (Wildman–Crippen MR) is 117 cm³/mol. The van der Waals surface area contributed by atoms with Crippen LogP contribution in [0, 0.1) is 0 Å². The number of nitrogens with one attached hydrogen (secondary N) is 1. The van der Waals surface area contributed by atoms with E-state index in [1.165, 1.54) is 28.6 Å². The molecule has 3 aromatic rings. The number of carbonyl (C=O) groups excluding carboxylic acids is 1. The number of benzene rings is 3. The van der Waals surface area contributed by atoms with Crippen LogP contribution in [-0.4, -0.2) is 20.9 Å². The number of rotatable bonds is 8. The number of nitrogens with zero attached hydrogens (tertiary/aromatic N) is 1. The van der Waals surface area contributed by atoms with Crippen molar-refractivity contribution in [2.75, 3.05) is 10.9 Å². The molecule has 0 aromatic heterocycles. The van der Waals surface area contributed by atoms with Crippen LogP contribution in [0.25, 0.3) is 0 Å². The van der Waals surface area contributed by atoms with E-state index >= 15 is 0 Å². The number of hydroxylamine groups is 1. The van der Waals surface area contributed by atoms with Crippen molar-refractivity contribution in [3.05, 3.63) is 95.0 Å². The summed E-state index contributed by atoms with van der Waals surface area (Å²) in [4.78, 5) is 17.1. The largest absolute Gasteiger partial charge is 0.274 e. The van der Waals surface area contributed by atoms with Crippen LogP contribution in [0.15, 0.2) is 83.8 Å². The number of amides is 1. The molecule has 1 N–H and O–H groups in total. The second-order valence-electron chi connectivity index (χ2n) is 6.34. The van der Waals surface area contributed by atoms with Crippen molar-refractivity contribution in [3.63, 3.8) is 0 Å². The Labute approximate surface area is 181 Å². The minimum Gasteiger partial charge on any atom is -0.274 e. The zero-order chi connectivity index (χ0) is 21.6. The van der Waals surface area contributed by atoms with Crippen LogP contribution in [-0.2, 0) is 21.4 Å². The Bertz CT molecular complexity index is 1120. The van der Waals surface area contributed by atoms with Crippen molar-refractivity contribution in [1.29, 1.82) is 0 Å². The SMILES string of the molecule is CCONC(=O)c1cccc(S(=O)(=O)N(Cc2ccccc2)c2ccccc2Cl)c1. The lowest BCUT2D eigenvalue weighted by Gasteiger charge is -2.25. The summed E-state index contributed by atoms with van der Waals surface area (Å²) in [6.07, 6.45) is 0. The molecule has 0 spiro atoms. The average molecular weight is 445 g/mol. The third-order valence-corrected chi connectivity index (χ3v) is 6.36. The molecule has 6 nitrogen and oxygen atoms in total. The smallest absolute Gasteiger partial charge is 0.274 e. The topological polar surface area (TPSA) is 75.7 Å². The lowest BCUT2D eigenvalue weighted by molar-refractivity contribution is 0.0364. The zero-order valence-corrected chi connectivity index (χ0v) is 17.9. The highest BCUT2D eigenvalue weighted by Gasteiger charge is 2.27. The normalized spacial score (nSPS) is 11.1. The zero-order valence-electron chi connectivity index (χ0n) is 16.3. The fourth-order valence-corrected chi connectivity index (χ4v) is 4.63. The Kier molecular flexibility index (Phi) is 7.10. The maximum absolute atomic E-state index is 13.6. The number of anilines is 1. The summed E-state index contributed by atoms with van der Waals surface area (Å²) in [5.74, 6) is -0.527. The maximum Gasteiger partial charge on any atom is 0.274 e. The summed E-state index contributed by atoms with van der Waals surface area (Å²) in [6.45, 7) is 2.11. The van der Waals surface area contributed by atoms with Gasteiger partial charge in [0.1, 0.15) is 0 Å². The third kappa shape index (κ3) is 4.99. The monoisotopic (exact) mass is 444 g/mol. The van der Waals surface area contributed by atoms with Gasteiger partial charge < -0.3 is 0 Å². The van der Waals surface area contributed by atoms with Gasteiger partial charge in [0, 0.05) is 5.56 Å². The first-order valence-corrected chi connectivity index (χ1v) is 11.1. The number of hydrogen-bond acceptors (Lipinski definition) is 4. The van der Waals surface area contributed by atoms with Crippen LogP contribution in [0.3, 0.4) is 0 Å². The molecule has 8 heteroatoms. The van der Waals surface area contributed by atoms with Gasteiger partial charge in [-0.15, -0.1) is 0 Å². The summed E-state index contributed by atoms with van der Waals surface area (Å²) in [5, 5.41) is 0.308. The Morgan fingerprint density at radius 1 is 1.00 bits per heavy atom. The van der Waals surface area contributed by atoms with Crippen LogP contribution in [0.1, 0.15) is 22.8 Å². The molecule has 0 heterocycles. The lowest BCUT2D eigenvalue weighted by atomic mass is 10.2. The molecule has 0 aliphatic heterocycles. The molecule has 30 heavy (non-hydrogen) atoms. The molecular formula is C22H21ClN2O4S. The van der Waals surface area contributed by atoms with E-state index in [9.17, 15) is 13.2 Å². The van der Waals surface area contributed by atoms with Gasteiger partial charge in [-0.1, -0.05) is 60.1 Å². The van der Waals surface area contributed by atoms with E-state index < -0.39 is 15.9 Å². The number of halogens is 1. The van der Waals surface area contributed by atoms with Crippen LogP contribution < -0.4 is 9.79 Å². The van der Waals surface area contributed by atoms with E-state index in [0.717, 1.165) is 5.56 Å². The van der Waals surface area contributed by atoms with Crippen molar-refractivity contribution < 1.29 is 18.0 Å². The Morgan fingerprint density at radius 2 is 1.70 bits per heavy atom. The molecule has 0 unspecified atom stereocenters. The summed E-state index contributed by atoms with van der Waals surface area (Å²) >= 11 is 6.33. The minimum atomic E-state index is -4.02. The van der Waals surface area contributed by atoms with E-state index in [2.05, 4.69) is 5.48 Å². The van der Waals surface area contributed by atoms with Crippen LogP contribution in [0.2, 0.25) is 5.02 Å². The first-order chi connectivity index (χ1) is 14.4. The van der Waals surface area contributed by atoms with Crippen molar-refractivity contribution >= 4 is 33.2 Å². The van der Waals surface area contributed by atoms with Gasteiger partial charge in [-0.2, -0.15) is 0 Å². The fourth-order valence-electron chi connectivity index (χ4n) is 2.82. The van der Waals surface area contributed by atoms with Gasteiger partial charge >= 0.3 is 0 Å². The second kappa shape index (κ2) is 9.75. The number of hydrogen-bond donors (Lipinski definition) is 1. The quantitative estimate of drug-likeness (QED) is 0.522. The molecule has 3 aromatic carbocycles. The van der Waals surface area contributed by atoms with Gasteiger partial charge in [0.15, 0.2) is 0 Å². The van der Waals surface area contributed by atoms with E-state index in [-0.39, 0.29) is 17.0 Å². The summed E-state index contributed by atoms with van der Waals surface area (Å²) in [6, 6.07) is 21.8. The number of sulfonamides is 1. The second-order valence-corrected chi connectivity index (χ2v) is 8.61. The summed E-state index contributed by atoms with van der Waals surface area (Å²) in [5.41, 5.74) is 3.59. The van der Waals surface area contributed by atoms with Crippen molar-refractivity contribution in [2.45, 2.75) is 18.4 Å². The van der Waals surface area contributed by atoms with Gasteiger partial charge in [-0.3, -0.25) is 13.9 Å². The number of carbonyl (C=O) groups is 1. The van der Waals surface area contributed by atoms with E-state index in [4.69, 9.17) is 16.4 Å². The van der Waals surface area contributed by atoms with Crippen LogP contribution in [0.4, 0.5) is 5.69 Å². The molecule has 0 bridgehead atoms. The fraction of sp³-hybridized carbons (Fsp3) is 0.136. The Balaban J connectivity index is 2.04. The predicted octanol–water partition coefficient (Wildman–Crippen LogP) is 4.42. The van der Waals surface area contributed by atoms with Gasteiger partial charge in [-0.25, -0.2) is 13.9 Å². The highest BCUT2D eigenvalue weighted by Crippen LogP contribution is 2.32. The first kappa shape index (κ1) is 21.8. The van der Waals surface area contributed by atoms with Gasteiger partial charge in [0.05, 0.1) is 28.8 Å². The molecule has 1 amide bonds. The molecule has 0 saturated heterocycles. The molecule has 0 atom stereocenters.